The van der Waals surface area contributed by atoms with Crippen molar-refractivity contribution in [3.05, 3.63) is 93.4 Å². The van der Waals surface area contributed by atoms with Gasteiger partial charge in [0.1, 0.15) is 11.5 Å². The number of hydrogen-bond donors (Lipinski definition) is 3. The van der Waals surface area contributed by atoms with E-state index < -0.39 is 11.8 Å². The molecule has 3 aromatic carbocycles. The van der Waals surface area contributed by atoms with Crippen LogP contribution in [0.4, 0.5) is 0 Å². The van der Waals surface area contributed by atoms with Crippen molar-refractivity contribution in [2.24, 2.45) is 5.73 Å². The molecule has 1 atom stereocenters. The predicted octanol–water partition coefficient (Wildman–Crippen LogP) is 3.47. The van der Waals surface area contributed by atoms with E-state index in [4.69, 9.17) is 15.2 Å². The Kier molecular flexibility index (Phi) is 5.98. The Bertz CT molecular complexity index is 1310. The number of hydrogen-bond acceptors (Lipinski definition) is 4. The van der Waals surface area contributed by atoms with Crippen molar-refractivity contribution >= 4 is 16.7 Å². The van der Waals surface area contributed by atoms with Gasteiger partial charge in [0.2, 0.25) is 5.91 Å². The second kappa shape index (κ2) is 9.01. The lowest BCUT2D eigenvalue weighted by molar-refractivity contribution is -0.118. The highest BCUT2D eigenvalue weighted by Gasteiger charge is 2.26. The molecule has 4 aromatic rings. The minimum Gasteiger partial charge on any atom is -0.497 e. The van der Waals surface area contributed by atoms with Gasteiger partial charge in [0.15, 0.2) is 0 Å². The first-order valence-corrected chi connectivity index (χ1v) is 10.3. The SMILES string of the molecule is COc1ccc(Cc2[nH][nH]c(=O)c2[C@H](CC(N)=O)c2ccc(OC)c3ccccc23)cc1. The molecule has 4 rings (SSSR count). The van der Waals surface area contributed by atoms with Crippen LogP contribution in [0.15, 0.2) is 65.5 Å². The molecule has 7 heteroatoms. The van der Waals surface area contributed by atoms with Gasteiger partial charge in [-0.1, -0.05) is 42.5 Å². The van der Waals surface area contributed by atoms with Crippen LogP contribution in [0.25, 0.3) is 10.8 Å². The summed E-state index contributed by atoms with van der Waals surface area (Å²) < 4.78 is 10.7. The number of fused-ring (bicyclic) bond motifs is 1. The summed E-state index contributed by atoms with van der Waals surface area (Å²) in [6.07, 6.45) is 0.494. The van der Waals surface area contributed by atoms with Crippen LogP contribution in [-0.2, 0) is 11.2 Å². The van der Waals surface area contributed by atoms with Crippen LogP contribution in [-0.4, -0.2) is 30.3 Å². The number of amides is 1. The maximum absolute atomic E-state index is 12.9. The first-order valence-electron chi connectivity index (χ1n) is 10.3. The summed E-state index contributed by atoms with van der Waals surface area (Å²) in [5, 5.41) is 7.51. The highest BCUT2D eigenvalue weighted by molar-refractivity contribution is 5.92. The van der Waals surface area contributed by atoms with Crippen LogP contribution in [0.3, 0.4) is 0 Å². The molecule has 0 aliphatic carbocycles. The number of nitrogens with one attached hydrogen (secondary N) is 2. The van der Waals surface area contributed by atoms with Crippen LogP contribution >= 0.6 is 0 Å². The molecule has 0 saturated heterocycles. The van der Waals surface area contributed by atoms with E-state index in [9.17, 15) is 9.59 Å². The number of methoxy groups -OCH3 is 2. The molecule has 0 aliphatic heterocycles. The normalized spacial score (nSPS) is 11.9. The number of nitrogens with two attached hydrogens (primary N) is 1. The molecule has 164 valence electrons. The van der Waals surface area contributed by atoms with E-state index in [1.807, 2.05) is 60.7 Å². The van der Waals surface area contributed by atoms with Crippen molar-refractivity contribution in [1.82, 2.24) is 10.2 Å². The zero-order chi connectivity index (χ0) is 22.7. The van der Waals surface area contributed by atoms with Gasteiger partial charge in [0.25, 0.3) is 5.56 Å². The largest absolute Gasteiger partial charge is 0.497 e. The molecule has 0 fully saturated rings. The fourth-order valence-electron chi connectivity index (χ4n) is 4.20. The number of aromatic nitrogens is 2. The van der Waals surface area contributed by atoms with Crippen molar-refractivity contribution in [2.75, 3.05) is 14.2 Å². The van der Waals surface area contributed by atoms with E-state index >= 15 is 0 Å². The molecular formula is C25H25N3O4. The topological polar surface area (TPSA) is 110 Å². The van der Waals surface area contributed by atoms with Crippen molar-refractivity contribution in [3.63, 3.8) is 0 Å². The van der Waals surface area contributed by atoms with Gasteiger partial charge in [-0.05, 0) is 34.7 Å². The summed E-state index contributed by atoms with van der Waals surface area (Å²) in [5.41, 5.74) is 8.43. The molecule has 32 heavy (non-hydrogen) atoms. The Balaban J connectivity index is 1.84. The van der Waals surface area contributed by atoms with Gasteiger partial charge in [-0.3, -0.25) is 14.7 Å². The molecule has 7 nitrogen and oxygen atoms in total. The zero-order valence-corrected chi connectivity index (χ0v) is 18.0. The molecule has 0 unspecified atom stereocenters. The zero-order valence-electron chi connectivity index (χ0n) is 18.0. The monoisotopic (exact) mass is 431 g/mol. The minimum atomic E-state index is -0.508. The molecule has 0 saturated carbocycles. The number of aromatic amines is 2. The summed E-state index contributed by atoms with van der Waals surface area (Å²) in [5.74, 6) is 0.494. The minimum absolute atomic E-state index is 0.00681. The van der Waals surface area contributed by atoms with Crippen LogP contribution in [0.2, 0.25) is 0 Å². The van der Waals surface area contributed by atoms with Crippen LogP contribution in [0, 0.1) is 0 Å². The number of rotatable bonds is 8. The highest BCUT2D eigenvalue weighted by atomic mass is 16.5. The molecule has 1 heterocycles. The first kappa shape index (κ1) is 21.2. The summed E-state index contributed by atoms with van der Waals surface area (Å²) in [4.78, 5) is 25.0. The fraction of sp³-hybridized carbons (Fsp3) is 0.200. The molecule has 0 spiro atoms. The third-order valence-corrected chi connectivity index (χ3v) is 5.70. The summed E-state index contributed by atoms with van der Waals surface area (Å²) in [7, 11) is 3.23. The highest BCUT2D eigenvalue weighted by Crippen LogP contribution is 2.37. The molecular weight excluding hydrogens is 406 g/mol. The average Bonchev–Trinajstić information content (AvgIpc) is 3.16. The molecule has 0 aliphatic rings. The number of ether oxygens (including phenoxy) is 2. The second-order valence-corrected chi connectivity index (χ2v) is 7.62. The lowest BCUT2D eigenvalue weighted by atomic mass is 9.84. The van der Waals surface area contributed by atoms with E-state index in [1.54, 1.807) is 14.2 Å². The Labute approximate surface area is 185 Å². The lowest BCUT2D eigenvalue weighted by Gasteiger charge is -2.19. The maximum Gasteiger partial charge on any atom is 0.267 e. The Morgan fingerprint density at radius 3 is 2.31 bits per heavy atom. The van der Waals surface area contributed by atoms with Gasteiger partial charge in [0.05, 0.1) is 14.2 Å². The Hall–Kier alpha value is -4.00. The number of carbonyl (C=O) groups excluding carboxylic acids is 1. The summed E-state index contributed by atoms with van der Waals surface area (Å²) in [6.45, 7) is 0. The van der Waals surface area contributed by atoms with Crippen molar-refractivity contribution in [1.29, 1.82) is 0 Å². The van der Waals surface area contributed by atoms with E-state index in [0.29, 0.717) is 17.7 Å². The van der Waals surface area contributed by atoms with Crippen LogP contribution in [0.5, 0.6) is 11.5 Å². The summed E-state index contributed by atoms with van der Waals surface area (Å²) >= 11 is 0. The lowest BCUT2D eigenvalue weighted by Crippen LogP contribution is -2.21. The van der Waals surface area contributed by atoms with Crippen LogP contribution in [0.1, 0.15) is 34.7 Å². The number of carbonyl (C=O) groups is 1. The predicted molar refractivity (Wildman–Crippen MR) is 123 cm³/mol. The van der Waals surface area contributed by atoms with Crippen LogP contribution < -0.4 is 20.8 Å². The average molecular weight is 431 g/mol. The third-order valence-electron chi connectivity index (χ3n) is 5.70. The van der Waals surface area contributed by atoms with Gasteiger partial charge in [0, 0.05) is 35.4 Å². The van der Waals surface area contributed by atoms with E-state index in [2.05, 4.69) is 10.2 Å². The Morgan fingerprint density at radius 1 is 0.938 bits per heavy atom. The van der Waals surface area contributed by atoms with Gasteiger partial charge < -0.3 is 20.3 Å². The first-order chi connectivity index (χ1) is 15.5. The third kappa shape index (κ3) is 4.09. The van der Waals surface area contributed by atoms with Crippen molar-refractivity contribution < 1.29 is 14.3 Å². The van der Waals surface area contributed by atoms with Crippen molar-refractivity contribution in [2.45, 2.75) is 18.8 Å². The maximum atomic E-state index is 12.9. The standard InChI is InChI=1S/C25H25N3O4/c1-31-16-9-7-15(8-10-16)13-21-24(25(30)28-27-21)20(14-23(26)29)18-11-12-22(32-2)19-6-4-3-5-17(18)19/h3-12,20H,13-14H2,1-2H3,(H2,26,29)(H2,27,28,30)/t20-/m1/s1. The Morgan fingerprint density at radius 2 is 1.66 bits per heavy atom. The van der Waals surface area contributed by atoms with Gasteiger partial charge in [-0.25, -0.2) is 0 Å². The fourth-order valence-corrected chi connectivity index (χ4v) is 4.20. The van der Waals surface area contributed by atoms with E-state index in [0.717, 1.165) is 33.4 Å². The van der Waals surface area contributed by atoms with E-state index in [1.165, 1.54) is 0 Å². The molecule has 1 amide bonds. The number of primary amides is 1. The van der Waals surface area contributed by atoms with Gasteiger partial charge in [-0.2, -0.15) is 0 Å². The van der Waals surface area contributed by atoms with Crippen molar-refractivity contribution in [3.8, 4) is 11.5 Å². The molecule has 0 bridgehead atoms. The van der Waals surface area contributed by atoms with Gasteiger partial charge in [-0.15, -0.1) is 0 Å². The smallest absolute Gasteiger partial charge is 0.267 e. The summed E-state index contributed by atoms with van der Waals surface area (Å²) in [6, 6.07) is 19.2. The molecule has 4 N–H and O–H groups in total. The number of benzene rings is 3. The molecule has 0 radical (unpaired) electrons. The van der Waals surface area contributed by atoms with E-state index in [-0.39, 0.29) is 12.0 Å². The second-order valence-electron chi connectivity index (χ2n) is 7.62. The quantitative estimate of drug-likeness (QED) is 0.397. The van der Waals surface area contributed by atoms with Gasteiger partial charge >= 0.3 is 0 Å². The molecule has 1 aromatic heterocycles. The number of H-pyrrole nitrogens is 2.